The SMILES string of the molecule is Cn1ccnc1C(N)c1ccccc1.O=C(O)C(=O)O.O=N[O-].[Cl][Pt]. The Labute approximate surface area is 158 Å². The molecule has 0 bridgehead atoms. The number of nitrogens with two attached hydrogens (primary N) is 1. The molecule has 1 aromatic heterocycles. The van der Waals surface area contributed by atoms with Gasteiger partial charge in [0.25, 0.3) is 0 Å². The van der Waals surface area contributed by atoms with E-state index in [0.29, 0.717) is 0 Å². The average Bonchev–Trinajstić information content (AvgIpc) is 3.04. The number of halogens is 1. The van der Waals surface area contributed by atoms with Crippen LogP contribution in [-0.4, -0.2) is 31.7 Å². The minimum absolute atomic E-state index is 0.142. The summed E-state index contributed by atoms with van der Waals surface area (Å²) in [5.74, 6) is -2.76. The van der Waals surface area contributed by atoms with E-state index in [-0.39, 0.29) is 6.04 Å². The molecule has 0 aliphatic rings. The third-order valence-electron chi connectivity index (χ3n) is 2.48. The van der Waals surface area contributed by atoms with Crippen molar-refractivity contribution in [1.29, 1.82) is 0 Å². The quantitative estimate of drug-likeness (QED) is 0.286. The van der Waals surface area contributed by atoms with Crippen molar-refractivity contribution in [3.05, 3.63) is 64.2 Å². The molecular weight excluding hydrogens is 539 g/mol. The third-order valence-corrected chi connectivity index (χ3v) is 2.48. The number of hydrogen-bond acceptors (Lipinski definition) is 7. The number of carboxylic acids is 2. The van der Waals surface area contributed by atoms with Crippen LogP contribution in [0.1, 0.15) is 17.4 Å². The monoisotopic (exact) mass is 553 g/mol. The molecule has 0 saturated carbocycles. The molecule has 0 spiro atoms. The van der Waals surface area contributed by atoms with Crippen LogP contribution in [0.4, 0.5) is 0 Å². The summed E-state index contributed by atoms with van der Waals surface area (Å²) in [6, 6.07) is 9.83. The number of aromatic nitrogens is 2. The fourth-order valence-electron chi connectivity index (χ4n) is 1.49. The first-order chi connectivity index (χ1) is 11.8. The summed E-state index contributed by atoms with van der Waals surface area (Å²) in [4.78, 5) is 30.4. The Morgan fingerprint density at radius 3 is 2.04 bits per heavy atom. The zero-order valence-electron chi connectivity index (χ0n) is 12.8. The van der Waals surface area contributed by atoms with Crippen molar-refractivity contribution < 1.29 is 38.6 Å². The van der Waals surface area contributed by atoms with E-state index < -0.39 is 11.9 Å². The molecular formula is C13H15ClN4O6Pt-. The molecule has 141 valence electrons. The molecule has 1 aromatic carbocycles. The summed E-state index contributed by atoms with van der Waals surface area (Å²) in [5, 5.41) is 23.8. The van der Waals surface area contributed by atoms with E-state index in [0.717, 1.165) is 16.7 Å². The Kier molecular flexibility index (Phi) is 15.2. The number of carboxylic acid groups (broad SMARTS) is 2. The van der Waals surface area contributed by atoms with Gasteiger partial charge in [-0.3, -0.25) is 0 Å². The molecule has 0 amide bonds. The zero-order valence-corrected chi connectivity index (χ0v) is 15.8. The second kappa shape index (κ2) is 15.2. The molecule has 25 heavy (non-hydrogen) atoms. The van der Waals surface area contributed by atoms with Gasteiger partial charge in [-0.2, -0.15) is 0 Å². The summed E-state index contributed by atoms with van der Waals surface area (Å²) >= 11 is 1.61. The van der Waals surface area contributed by atoms with Gasteiger partial charge in [0.1, 0.15) is 5.82 Å². The van der Waals surface area contributed by atoms with Crippen LogP contribution in [0.2, 0.25) is 0 Å². The maximum absolute atomic E-state index is 9.10. The molecule has 1 unspecified atom stereocenters. The van der Waals surface area contributed by atoms with E-state index in [1.165, 1.54) is 0 Å². The third kappa shape index (κ3) is 11.0. The van der Waals surface area contributed by atoms with E-state index in [1.54, 1.807) is 25.0 Å². The molecule has 4 N–H and O–H groups in total. The van der Waals surface area contributed by atoms with Crippen LogP contribution in [0.15, 0.2) is 48.1 Å². The van der Waals surface area contributed by atoms with Crippen molar-refractivity contribution in [1.82, 2.24) is 9.55 Å². The molecule has 0 saturated heterocycles. The number of nitrogens with zero attached hydrogens (tertiary/aromatic N) is 3. The van der Waals surface area contributed by atoms with Crippen molar-refractivity contribution in [3.63, 3.8) is 0 Å². The first-order valence-corrected chi connectivity index (χ1v) is 8.97. The Hall–Kier alpha value is -2.29. The van der Waals surface area contributed by atoms with Crippen molar-refractivity contribution in [2.45, 2.75) is 6.04 Å². The summed E-state index contributed by atoms with van der Waals surface area (Å²) in [7, 11) is 6.56. The number of aryl methyl sites for hydroxylation is 1. The standard InChI is InChI=1S/C11H13N3.C2H2O4.ClH.HNO2.Pt/c1-14-8-7-13-11(14)10(12)9-5-3-2-4-6-9;3-1(4)2(5)6;;2-1-3;/h2-8,10H,12H2,1H3;(H,3,4)(H,5,6);1H;(H,2,3);/q;;;;+1/p-2. The van der Waals surface area contributed by atoms with Gasteiger partial charge in [-0.1, -0.05) is 30.3 Å². The van der Waals surface area contributed by atoms with Gasteiger partial charge in [0, 0.05) is 19.4 Å². The minimum atomic E-state index is -1.82. The second-order valence-corrected chi connectivity index (χ2v) is 3.97. The zero-order chi connectivity index (χ0) is 19.8. The molecule has 0 aliphatic carbocycles. The maximum atomic E-state index is 9.10. The van der Waals surface area contributed by atoms with E-state index >= 15 is 0 Å². The second-order valence-electron chi connectivity index (χ2n) is 3.97. The average molecular weight is 554 g/mol. The van der Waals surface area contributed by atoms with Gasteiger partial charge in [0.05, 0.1) is 6.04 Å². The van der Waals surface area contributed by atoms with Crippen molar-refractivity contribution in [2.24, 2.45) is 18.1 Å². The van der Waals surface area contributed by atoms with Gasteiger partial charge >= 0.3 is 40.1 Å². The normalized spacial score (nSPS) is 9.64. The Bertz CT molecular complexity index is 628. The summed E-state index contributed by atoms with van der Waals surface area (Å²) in [6.45, 7) is 0. The van der Waals surface area contributed by atoms with Gasteiger partial charge in [-0.15, -0.1) is 5.34 Å². The van der Waals surface area contributed by atoms with Crippen LogP contribution in [0.25, 0.3) is 0 Å². The van der Waals surface area contributed by atoms with Crippen LogP contribution in [-0.2, 0) is 35.4 Å². The summed E-state index contributed by atoms with van der Waals surface area (Å²) in [5.41, 5.74) is 7.16. The number of carbonyl (C=O) groups is 2. The fraction of sp³-hybridized carbons (Fsp3) is 0.154. The number of benzene rings is 1. The van der Waals surface area contributed by atoms with Crippen molar-refractivity contribution in [2.75, 3.05) is 0 Å². The van der Waals surface area contributed by atoms with Crippen LogP contribution < -0.4 is 5.73 Å². The van der Waals surface area contributed by atoms with E-state index in [9.17, 15) is 0 Å². The number of rotatable bonds is 2. The van der Waals surface area contributed by atoms with Crippen LogP contribution in [0, 0.1) is 10.1 Å². The first kappa shape index (κ1) is 25.0. The predicted octanol–water partition coefficient (Wildman–Crippen LogP) is 1.56. The number of imidazole rings is 1. The molecule has 0 radical (unpaired) electrons. The van der Waals surface area contributed by atoms with Crippen molar-refractivity contribution >= 4 is 21.4 Å². The van der Waals surface area contributed by atoms with Gasteiger partial charge in [0.15, 0.2) is 0 Å². The van der Waals surface area contributed by atoms with Crippen LogP contribution in [0.3, 0.4) is 0 Å². The molecule has 10 nitrogen and oxygen atoms in total. The molecule has 1 atom stereocenters. The summed E-state index contributed by atoms with van der Waals surface area (Å²) in [6.07, 6.45) is 3.66. The first-order valence-electron chi connectivity index (χ1n) is 6.16. The Morgan fingerprint density at radius 1 is 1.28 bits per heavy atom. The van der Waals surface area contributed by atoms with Gasteiger partial charge in [-0.05, 0) is 5.56 Å². The van der Waals surface area contributed by atoms with E-state index in [4.69, 9.17) is 35.7 Å². The summed E-state index contributed by atoms with van der Waals surface area (Å²) < 4.78 is 1.94. The molecule has 0 fully saturated rings. The molecule has 0 aliphatic heterocycles. The van der Waals surface area contributed by atoms with E-state index in [1.807, 2.05) is 48.1 Å². The molecule has 2 aromatic rings. The molecule has 2 rings (SSSR count). The van der Waals surface area contributed by atoms with Crippen molar-refractivity contribution in [3.8, 4) is 0 Å². The van der Waals surface area contributed by atoms with Crippen LogP contribution >= 0.6 is 9.42 Å². The fourth-order valence-corrected chi connectivity index (χ4v) is 1.49. The predicted molar refractivity (Wildman–Crippen MR) is 86.0 cm³/mol. The Balaban J connectivity index is 0. The topological polar surface area (TPSA) is 171 Å². The van der Waals surface area contributed by atoms with Gasteiger partial charge in [-0.25, -0.2) is 14.6 Å². The molecule has 12 heteroatoms. The van der Waals surface area contributed by atoms with E-state index in [2.05, 4.69) is 14.4 Å². The van der Waals surface area contributed by atoms with Gasteiger partial charge < -0.3 is 30.6 Å². The number of hydrogen-bond donors (Lipinski definition) is 3. The van der Waals surface area contributed by atoms with Gasteiger partial charge in [0.2, 0.25) is 0 Å². The van der Waals surface area contributed by atoms with Crippen LogP contribution in [0.5, 0.6) is 0 Å². The Morgan fingerprint density at radius 2 is 1.72 bits per heavy atom. The number of aliphatic carboxylic acids is 2. The molecule has 1 heterocycles.